The number of para-hydroxylation sites is 2. The number of nitrogens with zero attached hydrogens (tertiary/aromatic N) is 1. The topological polar surface area (TPSA) is 100 Å². The van der Waals surface area contributed by atoms with Crippen LogP contribution in [-0.4, -0.2) is 25.0 Å². The highest BCUT2D eigenvalue weighted by molar-refractivity contribution is 14.1. The van der Waals surface area contributed by atoms with E-state index in [1.807, 2.05) is 28.7 Å². The summed E-state index contributed by atoms with van der Waals surface area (Å²) in [6.45, 7) is 1.87. The lowest BCUT2D eigenvalue weighted by molar-refractivity contribution is -0.118. The molecule has 0 saturated heterocycles. The van der Waals surface area contributed by atoms with Crippen LogP contribution in [0.3, 0.4) is 0 Å². The largest absolute Gasteiger partial charge is 0.490 e. The summed E-state index contributed by atoms with van der Waals surface area (Å²) in [5, 5.41) is 15.7. The highest BCUT2D eigenvalue weighted by Gasteiger charge is 2.16. The minimum atomic E-state index is -0.602. The molecule has 0 heterocycles. The second-order valence-electron chi connectivity index (χ2n) is 7.18. The van der Waals surface area contributed by atoms with Crippen molar-refractivity contribution in [3.05, 3.63) is 85.4 Å². The Morgan fingerprint density at radius 1 is 1.00 bits per heavy atom. The lowest BCUT2D eigenvalue weighted by atomic mass is 10.1. The molecule has 10 heteroatoms. The molecule has 0 fully saturated rings. The summed E-state index contributed by atoms with van der Waals surface area (Å²) in [6.07, 6.45) is 1.44. The Labute approximate surface area is 232 Å². The van der Waals surface area contributed by atoms with Gasteiger partial charge in [0.05, 0.1) is 31.6 Å². The second-order valence-corrected chi connectivity index (χ2v) is 9.16. The van der Waals surface area contributed by atoms with Gasteiger partial charge in [-0.05, 0) is 77.6 Å². The lowest BCUT2D eigenvalue weighted by Gasteiger charge is -2.15. The van der Waals surface area contributed by atoms with Gasteiger partial charge < -0.3 is 20.1 Å². The van der Waals surface area contributed by atoms with E-state index in [-0.39, 0.29) is 12.2 Å². The fraction of sp³-hybridized carbons (Fsp3) is 0.115. The molecule has 0 atom stereocenters. The predicted molar refractivity (Wildman–Crippen MR) is 150 cm³/mol. The number of hydrogen-bond donors (Lipinski definition) is 2. The molecule has 2 N–H and O–H groups in total. The van der Waals surface area contributed by atoms with Crippen molar-refractivity contribution in [2.24, 2.45) is 0 Å². The van der Waals surface area contributed by atoms with Crippen LogP contribution in [0.1, 0.15) is 12.5 Å². The van der Waals surface area contributed by atoms with Crippen molar-refractivity contribution in [1.82, 2.24) is 0 Å². The molecule has 3 aromatic rings. The van der Waals surface area contributed by atoms with Crippen LogP contribution in [0.2, 0.25) is 10.0 Å². The zero-order chi connectivity index (χ0) is 26.1. The van der Waals surface area contributed by atoms with Gasteiger partial charge in [0, 0.05) is 0 Å². The van der Waals surface area contributed by atoms with Crippen molar-refractivity contribution >= 4 is 75.1 Å². The van der Waals surface area contributed by atoms with Crippen LogP contribution in [0.25, 0.3) is 6.08 Å². The molecule has 0 aliphatic carbocycles. The van der Waals surface area contributed by atoms with Crippen LogP contribution in [0.4, 0.5) is 11.4 Å². The standard InChI is InChI=1S/C26H20Cl2IN3O4/c1-2-35-23-13-16(11-17(14-30)26(34)32-22-10-6-4-8-19(22)28)12-20(29)25(23)36-15-24(33)31-21-9-5-3-7-18(21)27/h3-13H,2,15H2,1H3,(H,31,33)(H,32,34)/b17-11+. The Kier molecular flexibility index (Phi) is 9.99. The summed E-state index contributed by atoms with van der Waals surface area (Å²) in [4.78, 5) is 25.0. The smallest absolute Gasteiger partial charge is 0.266 e. The SMILES string of the molecule is CCOc1cc(/C=C(\C#N)C(=O)Nc2ccccc2Cl)cc(I)c1OCC(=O)Nc1ccccc1Cl. The first kappa shape index (κ1) is 27.3. The van der Waals surface area contributed by atoms with E-state index in [1.165, 1.54) is 6.08 Å². The molecule has 0 saturated carbocycles. The van der Waals surface area contributed by atoms with Gasteiger partial charge in [0.15, 0.2) is 18.1 Å². The molecule has 0 unspecified atom stereocenters. The Morgan fingerprint density at radius 3 is 2.19 bits per heavy atom. The molecule has 0 radical (unpaired) electrons. The molecule has 0 aliphatic heterocycles. The molecule has 0 spiro atoms. The number of carbonyl (C=O) groups is 2. The van der Waals surface area contributed by atoms with Gasteiger partial charge in [-0.1, -0.05) is 47.5 Å². The zero-order valence-corrected chi connectivity index (χ0v) is 22.6. The minimum absolute atomic E-state index is 0.124. The molecule has 36 heavy (non-hydrogen) atoms. The molecule has 0 bridgehead atoms. The number of halogens is 3. The van der Waals surface area contributed by atoms with Crippen LogP contribution in [0, 0.1) is 14.9 Å². The van der Waals surface area contributed by atoms with Gasteiger partial charge in [0.25, 0.3) is 11.8 Å². The number of hydrogen-bond acceptors (Lipinski definition) is 5. The van der Waals surface area contributed by atoms with Crippen molar-refractivity contribution in [1.29, 1.82) is 5.26 Å². The molecule has 0 aromatic heterocycles. The number of carbonyl (C=O) groups excluding carboxylic acids is 2. The third kappa shape index (κ3) is 7.37. The molecular weight excluding hydrogens is 616 g/mol. The second kappa shape index (κ2) is 13.2. The number of benzene rings is 3. The van der Waals surface area contributed by atoms with Crippen molar-refractivity contribution in [2.45, 2.75) is 6.92 Å². The Morgan fingerprint density at radius 2 is 1.61 bits per heavy atom. The van der Waals surface area contributed by atoms with Crippen molar-refractivity contribution < 1.29 is 19.1 Å². The van der Waals surface area contributed by atoms with E-state index in [2.05, 4.69) is 10.6 Å². The molecule has 3 aromatic carbocycles. The Balaban J connectivity index is 1.79. The van der Waals surface area contributed by atoms with Crippen LogP contribution >= 0.6 is 45.8 Å². The average Bonchev–Trinajstić information content (AvgIpc) is 2.85. The van der Waals surface area contributed by atoms with E-state index >= 15 is 0 Å². The number of rotatable bonds is 9. The van der Waals surface area contributed by atoms with Crippen LogP contribution in [0.15, 0.2) is 66.2 Å². The number of anilines is 2. The van der Waals surface area contributed by atoms with Crippen molar-refractivity contribution in [2.75, 3.05) is 23.8 Å². The fourth-order valence-electron chi connectivity index (χ4n) is 3.03. The minimum Gasteiger partial charge on any atom is -0.490 e. The van der Waals surface area contributed by atoms with E-state index in [1.54, 1.807) is 67.6 Å². The number of amides is 2. The Bertz CT molecular complexity index is 1360. The van der Waals surface area contributed by atoms with E-state index in [0.717, 1.165) is 0 Å². The van der Waals surface area contributed by atoms with Gasteiger partial charge in [-0.3, -0.25) is 9.59 Å². The fourth-order valence-corrected chi connectivity index (χ4v) is 4.18. The van der Waals surface area contributed by atoms with Crippen molar-refractivity contribution in [3.63, 3.8) is 0 Å². The monoisotopic (exact) mass is 635 g/mol. The summed E-state index contributed by atoms with van der Waals surface area (Å²) >= 11 is 14.2. The highest BCUT2D eigenvalue weighted by atomic mass is 127. The summed E-state index contributed by atoms with van der Waals surface area (Å²) in [5.74, 6) is -0.267. The summed E-state index contributed by atoms with van der Waals surface area (Å²) in [7, 11) is 0. The summed E-state index contributed by atoms with van der Waals surface area (Å²) in [6, 6.07) is 18.9. The third-order valence-electron chi connectivity index (χ3n) is 4.63. The number of nitriles is 1. The molecule has 3 rings (SSSR count). The van der Waals surface area contributed by atoms with Gasteiger partial charge in [-0.2, -0.15) is 5.26 Å². The number of nitrogens with one attached hydrogen (secondary N) is 2. The van der Waals surface area contributed by atoms with Crippen LogP contribution < -0.4 is 20.1 Å². The quantitative estimate of drug-likeness (QED) is 0.158. The van der Waals surface area contributed by atoms with E-state index in [0.29, 0.717) is 48.7 Å². The van der Waals surface area contributed by atoms with Crippen LogP contribution in [-0.2, 0) is 9.59 Å². The lowest BCUT2D eigenvalue weighted by Crippen LogP contribution is -2.21. The first-order valence-corrected chi connectivity index (χ1v) is 12.5. The molecular formula is C26H20Cl2IN3O4. The summed E-state index contributed by atoms with van der Waals surface area (Å²) in [5.41, 5.74) is 1.29. The first-order valence-electron chi connectivity index (χ1n) is 10.6. The maximum atomic E-state index is 12.6. The van der Waals surface area contributed by atoms with E-state index < -0.39 is 11.8 Å². The van der Waals surface area contributed by atoms with Gasteiger partial charge >= 0.3 is 0 Å². The van der Waals surface area contributed by atoms with Crippen molar-refractivity contribution in [3.8, 4) is 17.6 Å². The zero-order valence-electron chi connectivity index (χ0n) is 19.0. The first-order chi connectivity index (χ1) is 17.3. The molecule has 0 aliphatic rings. The normalized spacial score (nSPS) is 10.8. The van der Waals surface area contributed by atoms with Gasteiger partial charge in [-0.15, -0.1) is 0 Å². The third-order valence-corrected chi connectivity index (χ3v) is 6.09. The van der Waals surface area contributed by atoms with Crippen LogP contribution in [0.5, 0.6) is 11.5 Å². The van der Waals surface area contributed by atoms with Gasteiger partial charge in [-0.25, -0.2) is 0 Å². The number of ether oxygens (including phenoxy) is 2. The maximum Gasteiger partial charge on any atom is 0.266 e. The maximum absolute atomic E-state index is 12.6. The van der Waals surface area contributed by atoms with E-state index in [4.69, 9.17) is 32.7 Å². The molecule has 184 valence electrons. The highest BCUT2D eigenvalue weighted by Crippen LogP contribution is 2.35. The molecule has 7 nitrogen and oxygen atoms in total. The van der Waals surface area contributed by atoms with Gasteiger partial charge in [0.2, 0.25) is 0 Å². The average molecular weight is 636 g/mol. The van der Waals surface area contributed by atoms with E-state index in [9.17, 15) is 14.9 Å². The molecule has 2 amide bonds. The summed E-state index contributed by atoms with van der Waals surface area (Å²) < 4.78 is 12.1. The van der Waals surface area contributed by atoms with Gasteiger partial charge in [0.1, 0.15) is 11.6 Å². The predicted octanol–water partition coefficient (Wildman–Crippen LogP) is 6.56. The Hall–Kier alpha value is -3.26.